The lowest BCUT2D eigenvalue weighted by Gasteiger charge is -2.15. The van der Waals surface area contributed by atoms with Crippen LogP contribution in [-0.2, 0) is 9.59 Å². The minimum atomic E-state index is -0.226. The first-order valence-corrected chi connectivity index (χ1v) is 7.70. The molecule has 0 radical (unpaired) electrons. The first kappa shape index (κ1) is 13.6. The Balaban J connectivity index is 1.66. The van der Waals surface area contributed by atoms with Crippen molar-refractivity contribution in [3.8, 4) is 0 Å². The molecule has 5 heteroatoms. The molecule has 2 aliphatic rings. The minimum Gasteiger partial charge on any atom is -0.339 e. The maximum absolute atomic E-state index is 12.3. The number of nitrogens with one attached hydrogen (secondary N) is 1. The molecule has 20 heavy (non-hydrogen) atoms. The monoisotopic (exact) mass is 336 g/mol. The van der Waals surface area contributed by atoms with Gasteiger partial charge < -0.3 is 10.2 Å². The summed E-state index contributed by atoms with van der Waals surface area (Å²) in [6.45, 7) is 2.57. The summed E-state index contributed by atoms with van der Waals surface area (Å²) < 4.78 is 0.870. The van der Waals surface area contributed by atoms with Crippen LogP contribution in [0.3, 0.4) is 0 Å². The third kappa shape index (κ3) is 2.73. The molecule has 2 fully saturated rings. The highest BCUT2D eigenvalue weighted by Crippen LogP contribution is 2.33. The van der Waals surface area contributed by atoms with E-state index in [0.717, 1.165) is 28.6 Å². The van der Waals surface area contributed by atoms with Gasteiger partial charge in [0.2, 0.25) is 11.8 Å². The van der Waals surface area contributed by atoms with Crippen LogP contribution in [0.25, 0.3) is 0 Å². The molecule has 1 N–H and O–H groups in total. The van der Waals surface area contributed by atoms with Crippen molar-refractivity contribution in [3.05, 3.63) is 28.2 Å². The second-order valence-electron chi connectivity index (χ2n) is 5.65. The van der Waals surface area contributed by atoms with E-state index in [2.05, 4.69) is 21.2 Å². The smallest absolute Gasteiger partial charge is 0.229 e. The third-order valence-electron chi connectivity index (χ3n) is 3.90. The molecule has 2 amide bonds. The summed E-state index contributed by atoms with van der Waals surface area (Å²) >= 11 is 3.45. The largest absolute Gasteiger partial charge is 0.339 e. The number of hydrogen-bond acceptors (Lipinski definition) is 2. The quantitative estimate of drug-likeness (QED) is 0.922. The van der Waals surface area contributed by atoms with Gasteiger partial charge in [-0.25, -0.2) is 0 Å². The molecule has 1 aromatic carbocycles. The van der Waals surface area contributed by atoms with E-state index in [1.165, 1.54) is 0 Å². The first-order valence-electron chi connectivity index (χ1n) is 6.91. The van der Waals surface area contributed by atoms with Crippen molar-refractivity contribution < 1.29 is 9.59 Å². The van der Waals surface area contributed by atoms with E-state index in [4.69, 9.17) is 0 Å². The summed E-state index contributed by atoms with van der Waals surface area (Å²) in [5.74, 6) is -0.169. The lowest BCUT2D eigenvalue weighted by atomic mass is 10.1. The second-order valence-corrected chi connectivity index (χ2v) is 6.51. The van der Waals surface area contributed by atoms with Crippen molar-refractivity contribution in [1.29, 1.82) is 0 Å². The van der Waals surface area contributed by atoms with Gasteiger partial charge in [-0.2, -0.15) is 0 Å². The van der Waals surface area contributed by atoms with E-state index in [1.807, 2.05) is 30.0 Å². The molecule has 0 bridgehead atoms. The molecule has 4 nitrogen and oxygen atoms in total. The Morgan fingerprint density at radius 2 is 2.15 bits per heavy atom. The van der Waals surface area contributed by atoms with Gasteiger partial charge in [0.15, 0.2) is 0 Å². The molecule has 0 aromatic heterocycles. The zero-order valence-electron chi connectivity index (χ0n) is 11.4. The van der Waals surface area contributed by atoms with Crippen LogP contribution in [0.4, 0.5) is 5.69 Å². The molecule has 1 heterocycles. The molecule has 1 unspecified atom stereocenters. The van der Waals surface area contributed by atoms with E-state index in [1.54, 1.807) is 0 Å². The summed E-state index contributed by atoms with van der Waals surface area (Å²) in [5.41, 5.74) is 1.89. The lowest BCUT2D eigenvalue weighted by Crippen LogP contribution is -2.29. The van der Waals surface area contributed by atoms with Crippen LogP contribution >= 0.6 is 15.9 Å². The second kappa shape index (κ2) is 5.20. The number of halogens is 1. The van der Waals surface area contributed by atoms with Crippen LogP contribution in [0.1, 0.15) is 24.8 Å². The zero-order chi connectivity index (χ0) is 14.3. The lowest BCUT2D eigenvalue weighted by molar-refractivity contribution is -0.128. The van der Waals surface area contributed by atoms with E-state index in [9.17, 15) is 9.59 Å². The van der Waals surface area contributed by atoms with E-state index in [-0.39, 0.29) is 17.7 Å². The van der Waals surface area contributed by atoms with Gasteiger partial charge in [-0.05, 0) is 53.4 Å². The maximum Gasteiger partial charge on any atom is 0.229 e. The number of amides is 2. The number of hydrogen-bond donors (Lipinski definition) is 1. The van der Waals surface area contributed by atoms with E-state index >= 15 is 0 Å². The van der Waals surface area contributed by atoms with Crippen LogP contribution in [0, 0.1) is 12.8 Å². The number of likely N-dealkylation sites (tertiary alicyclic amines) is 1. The van der Waals surface area contributed by atoms with E-state index < -0.39 is 0 Å². The Morgan fingerprint density at radius 1 is 1.40 bits per heavy atom. The molecule has 3 rings (SSSR count). The molecular formula is C15H17BrN2O2. The van der Waals surface area contributed by atoms with Gasteiger partial charge in [-0.15, -0.1) is 0 Å². The molecule has 0 spiro atoms. The van der Waals surface area contributed by atoms with Crippen molar-refractivity contribution >= 4 is 33.4 Å². The van der Waals surface area contributed by atoms with Crippen LogP contribution in [0.2, 0.25) is 0 Å². The van der Waals surface area contributed by atoms with Gasteiger partial charge in [0.05, 0.1) is 11.6 Å². The summed E-state index contributed by atoms with van der Waals surface area (Å²) in [6.07, 6.45) is 2.51. The number of aryl methyl sites for hydroxylation is 1. The highest BCUT2D eigenvalue weighted by atomic mass is 79.9. The molecule has 106 valence electrons. The summed E-state index contributed by atoms with van der Waals surface area (Å²) in [7, 11) is 0. The number of carbonyl (C=O) groups is 2. The Labute approximate surface area is 126 Å². The molecular weight excluding hydrogens is 320 g/mol. The number of benzene rings is 1. The normalized spacial score (nSPS) is 22.2. The Hall–Kier alpha value is -1.36. The summed E-state index contributed by atoms with van der Waals surface area (Å²) in [6, 6.07) is 6.20. The average molecular weight is 337 g/mol. The van der Waals surface area contributed by atoms with Crippen molar-refractivity contribution in [3.63, 3.8) is 0 Å². The minimum absolute atomic E-state index is 0.0638. The van der Waals surface area contributed by atoms with Gasteiger partial charge in [0.25, 0.3) is 0 Å². The van der Waals surface area contributed by atoms with E-state index in [0.29, 0.717) is 19.0 Å². The van der Waals surface area contributed by atoms with Crippen LogP contribution in [0.5, 0.6) is 0 Å². The fraction of sp³-hybridized carbons (Fsp3) is 0.467. The average Bonchev–Trinajstić information content (AvgIpc) is 3.16. The predicted molar refractivity (Wildman–Crippen MR) is 80.4 cm³/mol. The Morgan fingerprint density at radius 3 is 2.80 bits per heavy atom. The first-order chi connectivity index (χ1) is 9.54. The number of rotatable bonds is 3. The Kier molecular flexibility index (Phi) is 3.54. The van der Waals surface area contributed by atoms with Crippen LogP contribution in [-0.4, -0.2) is 29.3 Å². The number of anilines is 1. The van der Waals surface area contributed by atoms with Crippen LogP contribution < -0.4 is 5.32 Å². The third-order valence-corrected chi connectivity index (χ3v) is 4.56. The van der Waals surface area contributed by atoms with Crippen molar-refractivity contribution in [2.45, 2.75) is 32.2 Å². The molecule has 1 atom stereocenters. The Bertz CT molecular complexity index is 569. The van der Waals surface area contributed by atoms with Gasteiger partial charge in [-0.3, -0.25) is 9.59 Å². The topological polar surface area (TPSA) is 49.4 Å². The summed E-state index contributed by atoms with van der Waals surface area (Å²) in [4.78, 5) is 26.0. The van der Waals surface area contributed by atoms with Crippen molar-refractivity contribution in [2.75, 3.05) is 11.9 Å². The molecule has 1 aliphatic heterocycles. The van der Waals surface area contributed by atoms with Crippen molar-refractivity contribution in [2.24, 2.45) is 5.92 Å². The number of carbonyl (C=O) groups excluding carboxylic acids is 2. The molecule has 1 aromatic rings. The highest BCUT2D eigenvalue weighted by Gasteiger charge is 2.41. The van der Waals surface area contributed by atoms with Gasteiger partial charge in [0, 0.05) is 23.5 Å². The number of nitrogens with zero attached hydrogens (tertiary/aromatic N) is 1. The molecule has 1 aliphatic carbocycles. The van der Waals surface area contributed by atoms with Crippen LogP contribution in [0.15, 0.2) is 22.7 Å². The summed E-state index contributed by atoms with van der Waals surface area (Å²) in [5, 5.41) is 2.92. The van der Waals surface area contributed by atoms with Crippen molar-refractivity contribution in [1.82, 2.24) is 4.90 Å². The van der Waals surface area contributed by atoms with Gasteiger partial charge in [0.1, 0.15) is 0 Å². The highest BCUT2D eigenvalue weighted by molar-refractivity contribution is 9.10. The fourth-order valence-corrected chi connectivity index (χ4v) is 3.20. The van der Waals surface area contributed by atoms with Gasteiger partial charge >= 0.3 is 0 Å². The zero-order valence-corrected chi connectivity index (χ0v) is 12.9. The predicted octanol–water partition coefficient (Wildman–Crippen LogP) is 2.71. The fourth-order valence-electron chi connectivity index (χ4n) is 2.60. The SMILES string of the molecule is Cc1ccc(NC(=O)C2CC(=O)N(C3CC3)C2)c(Br)c1. The molecule has 1 saturated heterocycles. The van der Waals surface area contributed by atoms with Gasteiger partial charge in [-0.1, -0.05) is 6.07 Å². The molecule has 1 saturated carbocycles. The standard InChI is InChI=1S/C15H17BrN2O2/c1-9-2-5-13(12(16)6-9)17-15(20)10-7-14(19)18(8-10)11-3-4-11/h2,5-6,10-11H,3-4,7-8H2,1H3,(H,17,20). The maximum atomic E-state index is 12.3.